The number of hydrogen-bond acceptors (Lipinski definition) is 2. The Balaban J connectivity index is 2.44. The number of rotatable bonds is 3. The van der Waals surface area contributed by atoms with Gasteiger partial charge in [0.1, 0.15) is 11.6 Å². The zero-order chi connectivity index (χ0) is 14.0. The first-order valence-corrected chi connectivity index (χ1v) is 6.05. The van der Waals surface area contributed by atoms with Crippen LogP contribution in [0, 0.1) is 12.7 Å². The zero-order valence-corrected chi connectivity index (χ0v) is 11.3. The first-order chi connectivity index (χ1) is 9.02. The van der Waals surface area contributed by atoms with E-state index in [0.29, 0.717) is 5.75 Å². The number of ketones is 1. The molecule has 0 saturated heterocycles. The third kappa shape index (κ3) is 2.76. The van der Waals surface area contributed by atoms with Gasteiger partial charge in [-0.3, -0.25) is 4.79 Å². The predicted molar refractivity (Wildman–Crippen MR) is 72.6 cm³/mol. The van der Waals surface area contributed by atoms with Crippen molar-refractivity contribution in [2.75, 3.05) is 7.11 Å². The van der Waals surface area contributed by atoms with E-state index in [1.807, 2.05) is 0 Å². The van der Waals surface area contributed by atoms with Gasteiger partial charge in [-0.1, -0.05) is 17.7 Å². The Kier molecular flexibility index (Phi) is 3.86. The monoisotopic (exact) mass is 278 g/mol. The van der Waals surface area contributed by atoms with Crippen molar-refractivity contribution in [2.24, 2.45) is 0 Å². The summed E-state index contributed by atoms with van der Waals surface area (Å²) in [5.74, 6) is -0.437. The summed E-state index contributed by atoms with van der Waals surface area (Å²) in [7, 11) is 1.51. The smallest absolute Gasteiger partial charge is 0.197 e. The van der Waals surface area contributed by atoms with Crippen molar-refractivity contribution in [1.82, 2.24) is 0 Å². The number of carbonyl (C=O) groups is 1. The van der Waals surface area contributed by atoms with Crippen LogP contribution in [0.4, 0.5) is 4.39 Å². The minimum atomic E-state index is -0.545. The summed E-state index contributed by atoms with van der Waals surface area (Å²) in [5.41, 5.74) is 1.03. The van der Waals surface area contributed by atoms with Crippen molar-refractivity contribution in [3.05, 3.63) is 63.9 Å². The first kappa shape index (κ1) is 13.6. The van der Waals surface area contributed by atoms with Crippen molar-refractivity contribution in [3.8, 4) is 5.75 Å². The van der Waals surface area contributed by atoms with Crippen molar-refractivity contribution in [2.45, 2.75) is 6.92 Å². The lowest BCUT2D eigenvalue weighted by Gasteiger charge is -2.07. The van der Waals surface area contributed by atoms with E-state index in [0.717, 1.165) is 5.56 Å². The van der Waals surface area contributed by atoms with Crippen LogP contribution in [0.3, 0.4) is 0 Å². The Bertz CT molecular complexity index is 638. The van der Waals surface area contributed by atoms with E-state index in [1.54, 1.807) is 19.1 Å². The number of aryl methyl sites for hydroxylation is 1. The molecule has 98 valence electrons. The van der Waals surface area contributed by atoms with E-state index in [1.165, 1.54) is 31.4 Å². The van der Waals surface area contributed by atoms with Crippen molar-refractivity contribution < 1.29 is 13.9 Å². The molecule has 0 bridgehead atoms. The molecule has 0 N–H and O–H groups in total. The fourth-order valence-electron chi connectivity index (χ4n) is 1.76. The third-order valence-electron chi connectivity index (χ3n) is 2.79. The molecule has 0 fully saturated rings. The SMILES string of the molecule is COc1ccc(C(=O)c2ccc(C)cc2F)c(Cl)c1. The van der Waals surface area contributed by atoms with E-state index in [-0.39, 0.29) is 16.1 Å². The van der Waals surface area contributed by atoms with Gasteiger partial charge >= 0.3 is 0 Å². The molecule has 19 heavy (non-hydrogen) atoms. The lowest BCUT2D eigenvalue weighted by atomic mass is 10.0. The molecule has 0 spiro atoms. The van der Waals surface area contributed by atoms with Gasteiger partial charge in [0.15, 0.2) is 5.78 Å². The van der Waals surface area contributed by atoms with Gasteiger partial charge in [0.05, 0.1) is 17.7 Å². The minimum absolute atomic E-state index is 0.0117. The molecular formula is C15H12ClFO2. The Morgan fingerprint density at radius 1 is 1.16 bits per heavy atom. The van der Waals surface area contributed by atoms with Crippen molar-refractivity contribution >= 4 is 17.4 Å². The average Bonchev–Trinajstić information content (AvgIpc) is 2.37. The largest absolute Gasteiger partial charge is 0.497 e. The van der Waals surface area contributed by atoms with Crippen LogP contribution in [0.5, 0.6) is 5.75 Å². The summed E-state index contributed by atoms with van der Waals surface area (Å²) >= 11 is 6.01. The highest BCUT2D eigenvalue weighted by Crippen LogP contribution is 2.25. The molecule has 0 unspecified atom stereocenters. The van der Waals surface area contributed by atoms with Crippen LogP contribution in [-0.2, 0) is 0 Å². The molecule has 2 aromatic rings. The molecule has 0 aromatic heterocycles. The predicted octanol–water partition coefficient (Wildman–Crippen LogP) is 4.03. The highest BCUT2D eigenvalue weighted by atomic mass is 35.5. The summed E-state index contributed by atoms with van der Waals surface area (Å²) < 4.78 is 18.8. The number of methoxy groups -OCH3 is 1. The molecule has 0 saturated carbocycles. The fraction of sp³-hybridized carbons (Fsp3) is 0.133. The second-order valence-electron chi connectivity index (χ2n) is 4.16. The van der Waals surface area contributed by atoms with E-state index < -0.39 is 11.6 Å². The Hall–Kier alpha value is -1.87. The molecule has 0 aliphatic heterocycles. The van der Waals surface area contributed by atoms with E-state index in [4.69, 9.17) is 16.3 Å². The van der Waals surface area contributed by atoms with Crippen molar-refractivity contribution in [1.29, 1.82) is 0 Å². The number of carbonyl (C=O) groups excluding carboxylic acids is 1. The van der Waals surface area contributed by atoms with Gasteiger partial charge in [-0.2, -0.15) is 0 Å². The molecule has 0 heterocycles. The molecule has 2 nitrogen and oxygen atoms in total. The number of halogens is 2. The topological polar surface area (TPSA) is 26.3 Å². The van der Waals surface area contributed by atoms with E-state index in [2.05, 4.69) is 0 Å². The van der Waals surface area contributed by atoms with Crippen LogP contribution in [0.2, 0.25) is 5.02 Å². The van der Waals surface area contributed by atoms with Crippen LogP contribution in [0.25, 0.3) is 0 Å². The van der Waals surface area contributed by atoms with Gasteiger partial charge in [-0.15, -0.1) is 0 Å². The molecule has 2 rings (SSSR count). The molecule has 4 heteroatoms. The lowest BCUT2D eigenvalue weighted by Crippen LogP contribution is -2.05. The summed E-state index contributed by atoms with van der Waals surface area (Å²) in [6.07, 6.45) is 0. The highest BCUT2D eigenvalue weighted by molar-refractivity contribution is 6.35. The van der Waals surface area contributed by atoms with Crippen LogP contribution >= 0.6 is 11.6 Å². The van der Waals surface area contributed by atoms with Gasteiger partial charge in [0, 0.05) is 5.56 Å². The quantitative estimate of drug-likeness (QED) is 0.793. The maximum atomic E-state index is 13.8. The maximum absolute atomic E-state index is 13.8. The summed E-state index contributed by atoms with van der Waals surface area (Å²) in [6.45, 7) is 1.76. The Morgan fingerprint density at radius 2 is 1.84 bits per heavy atom. The van der Waals surface area contributed by atoms with E-state index in [9.17, 15) is 9.18 Å². The number of ether oxygens (including phenoxy) is 1. The molecule has 0 radical (unpaired) electrons. The van der Waals surface area contributed by atoms with Gasteiger partial charge < -0.3 is 4.74 Å². The molecule has 0 aliphatic rings. The molecule has 2 aromatic carbocycles. The van der Waals surface area contributed by atoms with Crippen LogP contribution in [0.1, 0.15) is 21.5 Å². The molecule has 0 amide bonds. The molecule has 0 atom stereocenters. The normalized spacial score (nSPS) is 10.3. The zero-order valence-electron chi connectivity index (χ0n) is 10.5. The Morgan fingerprint density at radius 3 is 2.42 bits per heavy atom. The fourth-order valence-corrected chi connectivity index (χ4v) is 2.01. The second-order valence-corrected chi connectivity index (χ2v) is 4.57. The Labute approximate surface area is 115 Å². The number of hydrogen-bond donors (Lipinski definition) is 0. The maximum Gasteiger partial charge on any atom is 0.197 e. The summed E-state index contributed by atoms with van der Waals surface area (Å²) in [6, 6.07) is 9.15. The van der Waals surface area contributed by atoms with Crippen LogP contribution < -0.4 is 4.74 Å². The van der Waals surface area contributed by atoms with Crippen LogP contribution in [-0.4, -0.2) is 12.9 Å². The third-order valence-corrected chi connectivity index (χ3v) is 3.10. The summed E-state index contributed by atoms with van der Waals surface area (Å²) in [5, 5.41) is 0.240. The van der Waals surface area contributed by atoms with Crippen LogP contribution in [0.15, 0.2) is 36.4 Å². The van der Waals surface area contributed by atoms with Gasteiger partial charge in [0.2, 0.25) is 0 Å². The second kappa shape index (κ2) is 5.41. The van der Waals surface area contributed by atoms with Gasteiger partial charge in [-0.05, 0) is 42.8 Å². The van der Waals surface area contributed by atoms with Crippen molar-refractivity contribution in [3.63, 3.8) is 0 Å². The molecule has 0 aliphatic carbocycles. The number of benzene rings is 2. The summed E-state index contributed by atoms with van der Waals surface area (Å²) in [4.78, 5) is 12.2. The molecular weight excluding hydrogens is 267 g/mol. The van der Waals surface area contributed by atoms with Gasteiger partial charge in [0.25, 0.3) is 0 Å². The van der Waals surface area contributed by atoms with E-state index >= 15 is 0 Å². The average molecular weight is 279 g/mol. The minimum Gasteiger partial charge on any atom is -0.497 e. The lowest BCUT2D eigenvalue weighted by molar-refractivity contribution is 0.103. The standard InChI is InChI=1S/C15H12ClFO2/c1-9-3-5-12(14(17)7-9)15(18)11-6-4-10(19-2)8-13(11)16/h3-8H,1-2H3. The van der Waals surface area contributed by atoms with Gasteiger partial charge in [-0.25, -0.2) is 4.39 Å². The highest BCUT2D eigenvalue weighted by Gasteiger charge is 2.17. The first-order valence-electron chi connectivity index (χ1n) is 5.67.